The molecule has 2 aliphatic rings. The average molecular weight is 489 g/mol. The highest BCUT2D eigenvalue weighted by molar-refractivity contribution is 7.99. The van der Waals surface area contributed by atoms with Gasteiger partial charge in [0.25, 0.3) is 0 Å². The van der Waals surface area contributed by atoms with Crippen LogP contribution in [0.15, 0.2) is 52.3 Å². The molecule has 1 saturated heterocycles. The Bertz CT molecular complexity index is 1070. The summed E-state index contributed by atoms with van der Waals surface area (Å²) < 4.78 is 11.3. The van der Waals surface area contributed by atoms with Crippen LogP contribution in [-0.4, -0.2) is 72.2 Å². The Kier molecular flexibility index (Phi) is 7.47. The molecule has 1 unspecified atom stereocenters. The van der Waals surface area contributed by atoms with E-state index < -0.39 is 0 Å². The van der Waals surface area contributed by atoms with Crippen molar-refractivity contribution in [3.8, 4) is 11.5 Å². The van der Waals surface area contributed by atoms with Gasteiger partial charge in [0.15, 0.2) is 17.6 Å². The Balaban J connectivity index is 1.36. The minimum atomic E-state index is -0.344. The van der Waals surface area contributed by atoms with Crippen LogP contribution in [-0.2, 0) is 9.59 Å². The molecule has 2 aromatic rings. The molecular formula is C24H25ClN2O5S. The summed E-state index contributed by atoms with van der Waals surface area (Å²) in [6.07, 6.45) is 2.95. The molecule has 2 heterocycles. The number of aliphatic hydroxyl groups is 1. The van der Waals surface area contributed by atoms with Crippen LogP contribution in [0.4, 0.5) is 0 Å². The van der Waals surface area contributed by atoms with Gasteiger partial charge in [-0.1, -0.05) is 29.4 Å². The second kappa shape index (κ2) is 10.5. The van der Waals surface area contributed by atoms with Crippen molar-refractivity contribution in [1.29, 1.82) is 0 Å². The van der Waals surface area contributed by atoms with Gasteiger partial charge in [-0.3, -0.25) is 9.59 Å². The van der Waals surface area contributed by atoms with Gasteiger partial charge in [0.1, 0.15) is 6.61 Å². The molecule has 174 valence electrons. The molecule has 1 atom stereocenters. The Morgan fingerprint density at radius 2 is 1.88 bits per heavy atom. The Morgan fingerprint density at radius 1 is 1.12 bits per heavy atom. The van der Waals surface area contributed by atoms with E-state index in [0.29, 0.717) is 49.3 Å². The predicted octanol–water partition coefficient (Wildman–Crippen LogP) is 3.33. The lowest BCUT2D eigenvalue weighted by Gasteiger charge is -2.33. The van der Waals surface area contributed by atoms with Crippen molar-refractivity contribution < 1.29 is 24.2 Å². The van der Waals surface area contributed by atoms with Crippen LogP contribution in [0, 0.1) is 0 Å². The summed E-state index contributed by atoms with van der Waals surface area (Å²) in [6.45, 7) is 3.97. The molecule has 1 N–H and O–H groups in total. The van der Waals surface area contributed by atoms with Gasteiger partial charge in [-0.05, 0) is 42.0 Å². The highest BCUT2D eigenvalue weighted by Gasteiger charge is 2.22. The summed E-state index contributed by atoms with van der Waals surface area (Å²) in [5.41, 5.74) is 0.831. The Labute approximate surface area is 201 Å². The van der Waals surface area contributed by atoms with Crippen molar-refractivity contribution >= 4 is 41.3 Å². The normalized spacial score (nSPS) is 18.0. The monoisotopic (exact) mass is 488 g/mol. The van der Waals surface area contributed by atoms with Crippen LogP contribution in [0.1, 0.15) is 12.5 Å². The second-order valence-electron chi connectivity index (χ2n) is 7.80. The maximum absolute atomic E-state index is 12.5. The fourth-order valence-electron chi connectivity index (χ4n) is 3.59. The predicted molar refractivity (Wildman–Crippen MR) is 127 cm³/mol. The second-order valence-corrected chi connectivity index (χ2v) is 9.32. The lowest BCUT2D eigenvalue weighted by atomic mass is 10.2. The van der Waals surface area contributed by atoms with Crippen molar-refractivity contribution in [3.05, 3.63) is 53.1 Å². The van der Waals surface area contributed by atoms with Gasteiger partial charge in [-0.2, -0.15) is 0 Å². The first-order valence-electron chi connectivity index (χ1n) is 10.7. The van der Waals surface area contributed by atoms with Gasteiger partial charge in [-0.25, -0.2) is 0 Å². The molecule has 0 radical (unpaired) electrons. The van der Waals surface area contributed by atoms with E-state index in [1.165, 1.54) is 11.8 Å². The van der Waals surface area contributed by atoms with E-state index in [9.17, 15) is 14.7 Å². The van der Waals surface area contributed by atoms with E-state index in [1.54, 1.807) is 28.9 Å². The molecule has 7 nitrogen and oxygen atoms in total. The van der Waals surface area contributed by atoms with E-state index in [4.69, 9.17) is 21.1 Å². The number of amides is 2. The summed E-state index contributed by atoms with van der Waals surface area (Å²) >= 11 is 8.00. The summed E-state index contributed by atoms with van der Waals surface area (Å²) in [4.78, 5) is 29.2. The van der Waals surface area contributed by atoms with E-state index in [2.05, 4.69) is 0 Å². The first-order chi connectivity index (χ1) is 15.9. The van der Waals surface area contributed by atoms with E-state index in [-0.39, 0.29) is 24.5 Å². The largest absolute Gasteiger partial charge is 0.486 e. The molecule has 0 bridgehead atoms. The van der Waals surface area contributed by atoms with Crippen LogP contribution in [0.5, 0.6) is 11.5 Å². The molecular weight excluding hydrogens is 464 g/mol. The average Bonchev–Trinajstić information content (AvgIpc) is 2.83. The van der Waals surface area contributed by atoms with Crippen molar-refractivity contribution in [3.63, 3.8) is 0 Å². The van der Waals surface area contributed by atoms with Gasteiger partial charge in [0.05, 0.1) is 11.6 Å². The molecule has 0 aromatic heterocycles. The van der Waals surface area contributed by atoms with Crippen LogP contribution in [0.25, 0.3) is 6.08 Å². The van der Waals surface area contributed by atoms with Crippen molar-refractivity contribution in [2.24, 2.45) is 0 Å². The molecule has 0 aliphatic carbocycles. The number of aliphatic hydroxyl groups excluding tert-OH is 1. The minimum Gasteiger partial charge on any atom is -0.486 e. The lowest BCUT2D eigenvalue weighted by molar-refractivity contribution is -0.135. The number of ether oxygens (including phenoxy) is 2. The van der Waals surface area contributed by atoms with Crippen LogP contribution in [0.2, 0.25) is 5.02 Å². The first kappa shape index (κ1) is 23.5. The number of benzene rings is 2. The summed E-state index contributed by atoms with van der Waals surface area (Å²) in [6, 6.07) is 11.3. The molecule has 0 saturated carbocycles. The van der Waals surface area contributed by atoms with E-state index in [1.807, 2.05) is 36.4 Å². The molecule has 2 aromatic carbocycles. The van der Waals surface area contributed by atoms with Crippen LogP contribution in [0.3, 0.4) is 0 Å². The zero-order valence-electron chi connectivity index (χ0n) is 18.2. The summed E-state index contributed by atoms with van der Waals surface area (Å²) in [5, 5.41) is 9.80. The number of piperazine rings is 1. The van der Waals surface area contributed by atoms with Gasteiger partial charge in [0, 0.05) is 49.0 Å². The maximum Gasteiger partial charge on any atom is 0.246 e. The smallest absolute Gasteiger partial charge is 0.246 e. The van der Waals surface area contributed by atoms with Gasteiger partial charge < -0.3 is 24.4 Å². The van der Waals surface area contributed by atoms with Crippen molar-refractivity contribution in [1.82, 2.24) is 9.80 Å². The fraction of sp³-hybridized carbons (Fsp3) is 0.333. The lowest BCUT2D eigenvalue weighted by Crippen LogP contribution is -2.49. The summed E-state index contributed by atoms with van der Waals surface area (Å²) in [5.74, 6) is 1.22. The molecule has 2 amide bonds. The highest BCUT2D eigenvalue weighted by atomic mass is 35.5. The Morgan fingerprint density at radius 3 is 2.58 bits per heavy atom. The molecule has 2 aliphatic heterocycles. The number of rotatable bonds is 5. The number of hydrogen-bond acceptors (Lipinski definition) is 6. The number of carbonyl (C=O) groups excluding carboxylic acids is 2. The number of nitrogens with zero attached hydrogens (tertiary/aromatic N) is 2. The fourth-order valence-corrected chi connectivity index (χ4v) is 4.75. The third-order valence-corrected chi connectivity index (χ3v) is 6.97. The third kappa shape index (κ3) is 5.82. The molecule has 1 fully saturated rings. The molecule has 4 rings (SSSR count). The van der Waals surface area contributed by atoms with Gasteiger partial charge in [-0.15, -0.1) is 0 Å². The van der Waals surface area contributed by atoms with Gasteiger partial charge in [0.2, 0.25) is 11.8 Å². The Hall–Kier alpha value is -2.68. The quantitative estimate of drug-likeness (QED) is 0.650. The van der Waals surface area contributed by atoms with Crippen molar-refractivity contribution in [2.75, 3.05) is 39.4 Å². The third-order valence-electron chi connectivity index (χ3n) is 5.48. The van der Waals surface area contributed by atoms with Crippen LogP contribution >= 0.6 is 23.4 Å². The molecule has 9 heteroatoms. The highest BCUT2D eigenvalue weighted by Crippen LogP contribution is 2.39. The minimum absolute atomic E-state index is 0.0387. The van der Waals surface area contributed by atoms with Crippen LogP contribution < -0.4 is 9.47 Å². The topological polar surface area (TPSA) is 79.3 Å². The number of carbonyl (C=O) groups is 2. The maximum atomic E-state index is 12.5. The number of fused-ring (bicyclic) bond motifs is 1. The SMILES string of the molecule is CC(=O)N1CCN(C(=O)/C=C/c2ccc(Sc3ccc4c(c3)OCC(CO)O4)c(Cl)c2)CC1. The first-order valence-corrected chi connectivity index (χ1v) is 11.9. The number of hydrogen-bond donors (Lipinski definition) is 1. The zero-order valence-corrected chi connectivity index (χ0v) is 19.8. The number of halogens is 1. The standard InChI is InChI=1S/C24H25ClN2O5S/c1-16(29)26-8-10-27(11-9-26)24(30)7-3-17-2-6-23(20(25)12-17)33-19-4-5-21-22(13-19)31-15-18(14-28)32-21/h2-7,12-13,18,28H,8-11,14-15H2,1H3/b7-3+. The van der Waals surface area contributed by atoms with E-state index in [0.717, 1.165) is 15.4 Å². The molecule has 33 heavy (non-hydrogen) atoms. The zero-order chi connectivity index (χ0) is 23.4. The van der Waals surface area contributed by atoms with E-state index >= 15 is 0 Å². The molecule has 0 spiro atoms. The van der Waals surface area contributed by atoms with Gasteiger partial charge >= 0.3 is 0 Å². The summed E-state index contributed by atoms with van der Waals surface area (Å²) in [7, 11) is 0. The van der Waals surface area contributed by atoms with Crippen molar-refractivity contribution in [2.45, 2.75) is 22.8 Å².